The molecule has 1 aliphatic carbocycles. The summed E-state index contributed by atoms with van der Waals surface area (Å²) in [5.41, 5.74) is 5.80. The van der Waals surface area contributed by atoms with Crippen LogP contribution in [-0.4, -0.2) is 18.1 Å². The van der Waals surface area contributed by atoms with Gasteiger partial charge in [-0.2, -0.15) is 0 Å². The minimum atomic E-state index is -0.631. The summed E-state index contributed by atoms with van der Waals surface area (Å²) in [4.78, 5) is 11.7. The summed E-state index contributed by atoms with van der Waals surface area (Å²) in [6.07, 6.45) is 1.42. The number of hydrogen-bond donors (Lipinski definition) is 2. The van der Waals surface area contributed by atoms with Crippen molar-refractivity contribution in [1.29, 1.82) is 0 Å². The van der Waals surface area contributed by atoms with Gasteiger partial charge in [-0.1, -0.05) is 6.07 Å². The SMILES string of the molecule is CC(Oc1ccc(CN)c(F)c1)C(=O)NC1CC1. The van der Waals surface area contributed by atoms with Crippen molar-refractivity contribution >= 4 is 5.91 Å². The van der Waals surface area contributed by atoms with Crippen LogP contribution < -0.4 is 15.8 Å². The van der Waals surface area contributed by atoms with E-state index in [1.165, 1.54) is 6.07 Å². The molecule has 0 aromatic heterocycles. The van der Waals surface area contributed by atoms with Crippen molar-refractivity contribution in [1.82, 2.24) is 5.32 Å². The fourth-order valence-corrected chi connectivity index (χ4v) is 1.57. The van der Waals surface area contributed by atoms with Crippen molar-refractivity contribution in [2.24, 2.45) is 5.73 Å². The minimum absolute atomic E-state index is 0.143. The maximum Gasteiger partial charge on any atom is 0.260 e. The molecule has 0 saturated heterocycles. The highest BCUT2D eigenvalue weighted by Gasteiger charge is 2.26. The molecule has 0 aliphatic heterocycles. The standard InChI is InChI=1S/C13H17FN2O2/c1-8(13(17)16-10-3-4-10)18-11-5-2-9(7-15)12(14)6-11/h2,5-6,8,10H,3-4,7,15H2,1H3,(H,16,17). The summed E-state index contributed by atoms with van der Waals surface area (Å²) in [5, 5.41) is 2.83. The lowest BCUT2D eigenvalue weighted by Crippen LogP contribution is -2.37. The van der Waals surface area contributed by atoms with Crippen molar-refractivity contribution in [3.63, 3.8) is 0 Å². The first-order valence-corrected chi connectivity index (χ1v) is 6.05. The van der Waals surface area contributed by atoms with Crippen LogP contribution in [0.2, 0.25) is 0 Å². The van der Waals surface area contributed by atoms with Crippen LogP contribution in [0, 0.1) is 5.82 Å². The number of benzene rings is 1. The van der Waals surface area contributed by atoms with E-state index in [2.05, 4.69) is 5.32 Å². The molecule has 4 nitrogen and oxygen atoms in total. The maximum absolute atomic E-state index is 13.5. The lowest BCUT2D eigenvalue weighted by Gasteiger charge is -2.15. The molecule has 5 heteroatoms. The fourth-order valence-electron chi connectivity index (χ4n) is 1.57. The van der Waals surface area contributed by atoms with Gasteiger partial charge in [0, 0.05) is 24.2 Å². The van der Waals surface area contributed by atoms with Crippen LogP contribution in [0.4, 0.5) is 4.39 Å². The summed E-state index contributed by atoms with van der Waals surface area (Å²) >= 11 is 0. The monoisotopic (exact) mass is 252 g/mol. The summed E-state index contributed by atoms with van der Waals surface area (Å²) in [6.45, 7) is 1.79. The molecule has 18 heavy (non-hydrogen) atoms. The minimum Gasteiger partial charge on any atom is -0.481 e. The number of rotatable bonds is 5. The van der Waals surface area contributed by atoms with Gasteiger partial charge in [0.15, 0.2) is 6.10 Å². The smallest absolute Gasteiger partial charge is 0.260 e. The number of nitrogens with one attached hydrogen (secondary N) is 1. The van der Waals surface area contributed by atoms with E-state index in [4.69, 9.17) is 10.5 Å². The predicted octanol–water partition coefficient (Wildman–Crippen LogP) is 1.33. The summed E-state index contributed by atoms with van der Waals surface area (Å²) in [6, 6.07) is 4.73. The second-order valence-electron chi connectivity index (χ2n) is 4.50. The number of halogens is 1. The van der Waals surface area contributed by atoms with Crippen molar-refractivity contribution in [2.75, 3.05) is 0 Å². The first kappa shape index (κ1) is 12.8. The Labute approximate surface area is 105 Å². The zero-order valence-electron chi connectivity index (χ0n) is 10.3. The van der Waals surface area contributed by atoms with Gasteiger partial charge in [-0.25, -0.2) is 4.39 Å². The van der Waals surface area contributed by atoms with Gasteiger partial charge >= 0.3 is 0 Å². The van der Waals surface area contributed by atoms with Gasteiger partial charge in [-0.05, 0) is 25.8 Å². The lowest BCUT2D eigenvalue weighted by atomic mass is 10.2. The Hall–Kier alpha value is -1.62. The molecule has 0 bridgehead atoms. The highest BCUT2D eigenvalue weighted by Crippen LogP contribution is 2.20. The molecular formula is C13H17FN2O2. The third-order valence-electron chi connectivity index (χ3n) is 2.85. The van der Waals surface area contributed by atoms with E-state index in [-0.39, 0.29) is 12.5 Å². The summed E-state index contributed by atoms with van der Waals surface area (Å²) < 4.78 is 18.9. The molecule has 3 N–H and O–H groups in total. The Kier molecular flexibility index (Phi) is 3.81. The number of nitrogens with two attached hydrogens (primary N) is 1. The van der Waals surface area contributed by atoms with Crippen LogP contribution in [0.3, 0.4) is 0 Å². The summed E-state index contributed by atoms with van der Waals surface area (Å²) in [5.74, 6) is -0.242. The maximum atomic E-state index is 13.5. The molecule has 0 radical (unpaired) electrons. The Morgan fingerprint density at radius 2 is 2.33 bits per heavy atom. The normalized spacial score (nSPS) is 16.2. The molecule has 1 unspecified atom stereocenters. The highest BCUT2D eigenvalue weighted by atomic mass is 19.1. The first-order chi connectivity index (χ1) is 8.60. The molecule has 98 valence electrons. The molecule has 1 amide bonds. The number of ether oxygens (including phenoxy) is 1. The highest BCUT2D eigenvalue weighted by molar-refractivity contribution is 5.81. The third-order valence-corrected chi connectivity index (χ3v) is 2.85. The lowest BCUT2D eigenvalue weighted by molar-refractivity contribution is -0.127. The van der Waals surface area contributed by atoms with E-state index in [9.17, 15) is 9.18 Å². The van der Waals surface area contributed by atoms with E-state index in [1.54, 1.807) is 19.1 Å². The Bertz CT molecular complexity index is 447. The Balaban J connectivity index is 1.95. The largest absolute Gasteiger partial charge is 0.481 e. The van der Waals surface area contributed by atoms with Gasteiger partial charge in [0.25, 0.3) is 5.91 Å². The molecular weight excluding hydrogens is 235 g/mol. The predicted molar refractivity (Wildman–Crippen MR) is 65.5 cm³/mol. The van der Waals surface area contributed by atoms with Gasteiger partial charge in [0.2, 0.25) is 0 Å². The van der Waals surface area contributed by atoms with Crippen LogP contribution in [0.25, 0.3) is 0 Å². The van der Waals surface area contributed by atoms with E-state index in [1.807, 2.05) is 0 Å². The van der Waals surface area contributed by atoms with Crippen LogP contribution in [0.1, 0.15) is 25.3 Å². The van der Waals surface area contributed by atoms with Crippen LogP contribution >= 0.6 is 0 Å². The van der Waals surface area contributed by atoms with Crippen molar-refractivity contribution < 1.29 is 13.9 Å². The number of amides is 1. The van der Waals surface area contributed by atoms with E-state index in [0.29, 0.717) is 17.4 Å². The van der Waals surface area contributed by atoms with Gasteiger partial charge in [-0.15, -0.1) is 0 Å². The van der Waals surface area contributed by atoms with E-state index < -0.39 is 11.9 Å². The van der Waals surface area contributed by atoms with Gasteiger partial charge in [-0.3, -0.25) is 4.79 Å². The van der Waals surface area contributed by atoms with Crippen LogP contribution in [-0.2, 0) is 11.3 Å². The molecule has 0 spiro atoms. The van der Waals surface area contributed by atoms with Gasteiger partial charge < -0.3 is 15.8 Å². The number of hydrogen-bond acceptors (Lipinski definition) is 3. The summed E-state index contributed by atoms with van der Waals surface area (Å²) in [7, 11) is 0. The molecule has 1 saturated carbocycles. The second-order valence-corrected chi connectivity index (χ2v) is 4.50. The third kappa shape index (κ3) is 3.20. The molecule has 1 aromatic carbocycles. The number of carbonyl (C=O) groups is 1. The van der Waals surface area contributed by atoms with Crippen LogP contribution in [0.5, 0.6) is 5.75 Å². The second kappa shape index (κ2) is 5.35. The first-order valence-electron chi connectivity index (χ1n) is 6.05. The molecule has 1 aromatic rings. The molecule has 0 heterocycles. The van der Waals surface area contributed by atoms with Crippen molar-refractivity contribution in [3.05, 3.63) is 29.6 Å². The molecule has 1 atom stereocenters. The van der Waals surface area contributed by atoms with E-state index >= 15 is 0 Å². The topological polar surface area (TPSA) is 64.3 Å². The number of carbonyl (C=O) groups excluding carboxylic acids is 1. The molecule has 1 fully saturated rings. The fraction of sp³-hybridized carbons (Fsp3) is 0.462. The van der Waals surface area contributed by atoms with Gasteiger partial charge in [0.1, 0.15) is 11.6 Å². The zero-order chi connectivity index (χ0) is 13.1. The van der Waals surface area contributed by atoms with Crippen molar-refractivity contribution in [2.45, 2.75) is 38.5 Å². The van der Waals surface area contributed by atoms with Crippen LogP contribution in [0.15, 0.2) is 18.2 Å². The van der Waals surface area contributed by atoms with Gasteiger partial charge in [0.05, 0.1) is 0 Å². The molecule has 1 aliphatic rings. The molecule has 2 rings (SSSR count). The Morgan fingerprint density at radius 1 is 1.61 bits per heavy atom. The Morgan fingerprint density at radius 3 is 2.89 bits per heavy atom. The van der Waals surface area contributed by atoms with Crippen molar-refractivity contribution in [3.8, 4) is 5.75 Å². The van der Waals surface area contributed by atoms with E-state index in [0.717, 1.165) is 12.8 Å². The quantitative estimate of drug-likeness (QED) is 0.831. The average molecular weight is 252 g/mol. The zero-order valence-corrected chi connectivity index (χ0v) is 10.3. The average Bonchev–Trinajstić information content (AvgIpc) is 3.13.